The first-order valence-electron chi connectivity index (χ1n) is 11.3. The van der Waals surface area contributed by atoms with Crippen LogP contribution in [-0.4, -0.2) is 30.3 Å². The molecular formula is C26H19ClF4N6O. The lowest BCUT2D eigenvalue weighted by atomic mass is 10.0. The Kier molecular flexibility index (Phi) is 6.39. The molecular weight excluding hydrogens is 524 g/mol. The molecule has 0 aliphatic rings. The maximum Gasteiger partial charge on any atom is 0.433 e. The highest BCUT2D eigenvalue weighted by Gasteiger charge is 2.35. The van der Waals surface area contributed by atoms with Gasteiger partial charge in [0.05, 0.1) is 24.1 Å². The zero-order chi connectivity index (χ0) is 27.2. The molecule has 0 bridgehead atoms. The lowest BCUT2D eigenvalue weighted by Crippen LogP contribution is -2.15. The van der Waals surface area contributed by atoms with Crippen molar-refractivity contribution in [2.45, 2.75) is 26.6 Å². The molecule has 12 heteroatoms. The van der Waals surface area contributed by atoms with E-state index in [9.17, 15) is 22.4 Å². The summed E-state index contributed by atoms with van der Waals surface area (Å²) in [7, 11) is 0. The second kappa shape index (κ2) is 9.56. The van der Waals surface area contributed by atoms with Gasteiger partial charge in [-0.15, -0.1) is 0 Å². The number of aryl methyl sites for hydroxylation is 2. The predicted octanol–water partition coefficient (Wildman–Crippen LogP) is 6.32. The molecule has 0 fully saturated rings. The topological polar surface area (TPSA) is 77.1 Å². The van der Waals surface area contributed by atoms with Crippen LogP contribution in [0.5, 0.6) is 0 Å². The molecule has 194 valence electrons. The average molecular weight is 543 g/mol. The quantitative estimate of drug-likeness (QED) is 0.264. The third-order valence-electron chi connectivity index (χ3n) is 6.03. The standard InChI is InChI=1S/C26H19ClF4N6O/c1-14-6-7-16(8-15(14)2)21-9-23(26(29,30)31)37-24(34-21)10-22(35-37)25(38)33-17-11-32-36(12-17)13-18-19(27)4-3-5-20(18)28/h3-12H,13H2,1-2H3,(H,33,38). The van der Waals surface area contributed by atoms with Crippen LogP contribution in [0, 0.1) is 19.7 Å². The molecule has 2 aromatic carbocycles. The fourth-order valence-electron chi connectivity index (χ4n) is 3.89. The van der Waals surface area contributed by atoms with Gasteiger partial charge in [-0.05, 0) is 49.2 Å². The van der Waals surface area contributed by atoms with E-state index in [1.54, 1.807) is 24.3 Å². The van der Waals surface area contributed by atoms with Gasteiger partial charge in [0.25, 0.3) is 5.91 Å². The minimum Gasteiger partial charge on any atom is -0.318 e. The Balaban J connectivity index is 1.44. The third kappa shape index (κ3) is 4.97. The molecule has 0 aliphatic carbocycles. The van der Waals surface area contributed by atoms with Gasteiger partial charge in [0.2, 0.25) is 0 Å². The van der Waals surface area contributed by atoms with Crippen molar-refractivity contribution in [3.05, 3.63) is 99.8 Å². The van der Waals surface area contributed by atoms with Gasteiger partial charge in [-0.25, -0.2) is 13.9 Å². The Bertz CT molecular complexity index is 1670. The van der Waals surface area contributed by atoms with Crippen LogP contribution in [0.2, 0.25) is 5.02 Å². The van der Waals surface area contributed by atoms with Gasteiger partial charge in [-0.3, -0.25) is 9.48 Å². The second-order valence-electron chi connectivity index (χ2n) is 8.70. The Morgan fingerprint density at radius 2 is 1.87 bits per heavy atom. The minimum absolute atomic E-state index is 0.00979. The fraction of sp³-hybridized carbons (Fsp3) is 0.154. The molecule has 0 aliphatic heterocycles. The van der Waals surface area contributed by atoms with E-state index in [1.165, 1.54) is 35.3 Å². The number of aromatic nitrogens is 5. The Labute approximate surface area is 218 Å². The number of hydrogen-bond donors (Lipinski definition) is 1. The first-order valence-corrected chi connectivity index (χ1v) is 11.7. The van der Waals surface area contributed by atoms with Crippen LogP contribution in [0.3, 0.4) is 0 Å². The van der Waals surface area contributed by atoms with Crippen LogP contribution in [0.4, 0.5) is 23.2 Å². The number of halogens is 5. The number of benzene rings is 2. The van der Waals surface area contributed by atoms with Crippen LogP contribution in [0.1, 0.15) is 32.9 Å². The Morgan fingerprint density at radius 1 is 1.08 bits per heavy atom. The van der Waals surface area contributed by atoms with Crippen LogP contribution >= 0.6 is 11.6 Å². The SMILES string of the molecule is Cc1ccc(-c2cc(C(F)(F)F)n3nc(C(=O)Nc4cnn(Cc5c(F)cccc5Cl)c4)cc3n2)cc1C. The Hall–Kier alpha value is -4.25. The number of amides is 1. The molecule has 3 heterocycles. The number of alkyl halides is 3. The van der Waals surface area contributed by atoms with Crippen LogP contribution < -0.4 is 5.32 Å². The van der Waals surface area contributed by atoms with Crippen molar-refractivity contribution in [3.8, 4) is 11.3 Å². The van der Waals surface area contributed by atoms with Crippen LogP contribution in [0.25, 0.3) is 16.9 Å². The fourth-order valence-corrected chi connectivity index (χ4v) is 4.11. The van der Waals surface area contributed by atoms with E-state index in [0.29, 0.717) is 10.1 Å². The number of rotatable bonds is 5. The molecule has 0 saturated carbocycles. The summed E-state index contributed by atoms with van der Waals surface area (Å²) in [5, 5.41) is 10.7. The summed E-state index contributed by atoms with van der Waals surface area (Å²) in [6.45, 7) is 3.77. The van der Waals surface area contributed by atoms with Gasteiger partial charge in [-0.2, -0.15) is 23.4 Å². The number of anilines is 1. The normalized spacial score (nSPS) is 11.8. The van der Waals surface area contributed by atoms with E-state index in [4.69, 9.17) is 11.6 Å². The number of nitrogens with zero attached hydrogens (tertiary/aromatic N) is 5. The van der Waals surface area contributed by atoms with E-state index < -0.39 is 23.6 Å². The minimum atomic E-state index is -4.75. The number of nitrogens with one attached hydrogen (secondary N) is 1. The average Bonchev–Trinajstić information content (AvgIpc) is 3.48. The summed E-state index contributed by atoms with van der Waals surface area (Å²) in [5.41, 5.74) is 1.50. The van der Waals surface area contributed by atoms with Crippen molar-refractivity contribution in [1.29, 1.82) is 0 Å². The van der Waals surface area contributed by atoms with Gasteiger partial charge in [0, 0.05) is 28.4 Å². The second-order valence-corrected chi connectivity index (χ2v) is 9.11. The summed E-state index contributed by atoms with van der Waals surface area (Å²) in [6, 6.07) is 11.6. The maximum absolute atomic E-state index is 14.1. The van der Waals surface area contributed by atoms with Crippen molar-refractivity contribution in [2.24, 2.45) is 0 Å². The largest absolute Gasteiger partial charge is 0.433 e. The maximum atomic E-state index is 14.1. The van der Waals surface area contributed by atoms with Gasteiger partial charge >= 0.3 is 6.18 Å². The van der Waals surface area contributed by atoms with Gasteiger partial charge < -0.3 is 5.32 Å². The molecule has 0 unspecified atom stereocenters. The van der Waals surface area contributed by atoms with Crippen molar-refractivity contribution in [1.82, 2.24) is 24.4 Å². The lowest BCUT2D eigenvalue weighted by molar-refractivity contribution is -0.142. The van der Waals surface area contributed by atoms with Gasteiger partial charge in [0.1, 0.15) is 5.82 Å². The molecule has 1 amide bonds. The zero-order valence-electron chi connectivity index (χ0n) is 20.0. The highest BCUT2D eigenvalue weighted by molar-refractivity contribution is 6.31. The van der Waals surface area contributed by atoms with E-state index in [1.807, 2.05) is 13.8 Å². The molecule has 0 spiro atoms. The van der Waals surface area contributed by atoms with Crippen molar-refractivity contribution < 1.29 is 22.4 Å². The van der Waals surface area contributed by atoms with E-state index >= 15 is 0 Å². The van der Waals surface area contributed by atoms with Crippen molar-refractivity contribution >= 4 is 28.8 Å². The van der Waals surface area contributed by atoms with E-state index in [-0.39, 0.29) is 39.9 Å². The number of hydrogen-bond acceptors (Lipinski definition) is 4. The van der Waals surface area contributed by atoms with Crippen LogP contribution in [-0.2, 0) is 12.7 Å². The molecule has 5 rings (SSSR count). The highest BCUT2D eigenvalue weighted by Crippen LogP contribution is 2.33. The molecule has 7 nitrogen and oxygen atoms in total. The van der Waals surface area contributed by atoms with Gasteiger partial charge in [0.15, 0.2) is 17.0 Å². The number of fused-ring (bicyclic) bond motifs is 1. The zero-order valence-corrected chi connectivity index (χ0v) is 20.8. The molecule has 1 N–H and O–H groups in total. The molecule has 38 heavy (non-hydrogen) atoms. The summed E-state index contributed by atoms with van der Waals surface area (Å²) in [4.78, 5) is 17.2. The number of carbonyl (C=O) groups excluding carboxylic acids is 1. The smallest absolute Gasteiger partial charge is 0.318 e. The lowest BCUT2D eigenvalue weighted by Gasteiger charge is -2.11. The summed E-state index contributed by atoms with van der Waals surface area (Å²) >= 11 is 6.05. The molecule has 5 aromatic rings. The Morgan fingerprint density at radius 3 is 2.58 bits per heavy atom. The summed E-state index contributed by atoms with van der Waals surface area (Å²) < 4.78 is 57.8. The molecule has 0 saturated heterocycles. The molecule has 0 atom stereocenters. The molecule has 0 radical (unpaired) electrons. The van der Waals surface area contributed by atoms with Crippen LogP contribution in [0.15, 0.2) is 60.9 Å². The van der Waals surface area contributed by atoms with Gasteiger partial charge in [-0.1, -0.05) is 29.8 Å². The van der Waals surface area contributed by atoms with Crippen molar-refractivity contribution in [2.75, 3.05) is 5.32 Å². The van der Waals surface area contributed by atoms with Crippen molar-refractivity contribution in [3.63, 3.8) is 0 Å². The highest BCUT2D eigenvalue weighted by atomic mass is 35.5. The first-order chi connectivity index (χ1) is 18.0. The van der Waals surface area contributed by atoms with E-state index in [2.05, 4.69) is 20.5 Å². The monoisotopic (exact) mass is 542 g/mol. The first kappa shape index (κ1) is 25.4. The summed E-state index contributed by atoms with van der Waals surface area (Å²) in [6.07, 6.45) is -1.99. The predicted molar refractivity (Wildman–Crippen MR) is 134 cm³/mol. The van der Waals surface area contributed by atoms with E-state index in [0.717, 1.165) is 17.2 Å². The third-order valence-corrected chi connectivity index (χ3v) is 6.38. The molecule has 3 aromatic heterocycles. The number of carbonyl (C=O) groups is 1. The summed E-state index contributed by atoms with van der Waals surface area (Å²) in [5.74, 6) is -1.27.